The van der Waals surface area contributed by atoms with E-state index in [4.69, 9.17) is 4.74 Å². The second-order valence-corrected chi connectivity index (χ2v) is 6.40. The van der Waals surface area contributed by atoms with Gasteiger partial charge in [0.25, 0.3) is 0 Å². The maximum atomic E-state index is 12.1. The van der Waals surface area contributed by atoms with Gasteiger partial charge in [-0.2, -0.15) is 5.10 Å². The molecule has 0 aromatic carbocycles. The van der Waals surface area contributed by atoms with Crippen LogP contribution in [0.1, 0.15) is 39.4 Å². The number of aryl methyl sites for hydroxylation is 2. The summed E-state index contributed by atoms with van der Waals surface area (Å²) >= 11 is 1.68. The van der Waals surface area contributed by atoms with Crippen LogP contribution in [-0.2, 0) is 31.3 Å². The predicted octanol–water partition coefficient (Wildman–Crippen LogP) is 1.92. The molecule has 0 spiro atoms. The van der Waals surface area contributed by atoms with E-state index in [2.05, 4.69) is 20.4 Å². The van der Waals surface area contributed by atoms with Gasteiger partial charge in [-0.3, -0.25) is 9.58 Å². The summed E-state index contributed by atoms with van der Waals surface area (Å²) in [7, 11) is 1.89. The highest BCUT2D eigenvalue weighted by molar-refractivity contribution is 7.09. The van der Waals surface area contributed by atoms with Crippen LogP contribution in [-0.4, -0.2) is 38.8 Å². The molecule has 0 aliphatic carbocycles. The summed E-state index contributed by atoms with van der Waals surface area (Å²) in [5.41, 5.74) is 3.65. The number of hydrogen-bond donors (Lipinski definition) is 0. The summed E-state index contributed by atoms with van der Waals surface area (Å²) in [5, 5.41) is 7.54. The van der Waals surface area contributed by atoms with Gasteiger partial charge in [0.15, 0.2) is 5.69 Å². The largest absolute Gasteiger partial charge is 0.461 e. The number of thiazole rings is 1. The van der Waals surface area contributed by atoms with Crippen LogP contribution in [0.2, 0.25) is 0 Å². The molecule has 0 saturated carbocycles. The third-order valence-electron chi connectivity index (χ3n) is 3.82. The van der Waals surface area contributed by atoms with Gasteiger partial charge in [-0.05, 0) is 13.8 Å². The van der Waals surface area contributed by atoms with Gasteiger partial charge >= 0.3 is 5.97 Å². The predicted molar refractivity (Wildman–Crippen MR) is 83.8 cm³/mol. The minimum Gasteiger partial charge on any atom is -0.461 e. The molecule has 0 atom stereocenters. The van der Waals surface area contributed by atoms with Crippen LogP contribution in [0.25, 0.3) is 0 Å². The molecule has 118 valence electrons. The summed E-state index contributed by atoms with van der Waals surface area (Å²) in [6, 6.07) is 0. The van der Waals surface area contributed by atoms with Gasteiger partial charge in [0.1, 0.15) is 5.01 Å². The van der Waals surface area contributed by atoms with Gasteiger partial charge in [0.2, 0.25) is 0 Å². The fourth-order valence-electron chi connectivity index (χ4n) is 2.81. The van der Waals surface area contributed by atoms with Crippen molar-refractivity contribution in [1.82, 2.24) is 19.7 Å². The standard InChI is InChI=1S/C15H20N4O2S/c1-4-21-15(20)14-11-7-19(6-5-12(11)18(3)17-14)8-13-16-10(2)9-22-13/h9H,4-8H2,1-3H3. The molecule has 3 heterocycles. The lowest BCUT2D eigenvalue weighted by Gasteiger charge is -2.26. The van der Waals surface area contributed by atoms with E-state index in [0.717, 1.165) is 48.0 Å². The minimum atomic E-state index is -0.328. The van der Waals surface area contributed by atoms with Crippen molar-refractivity contribution in [2.45, 2.75) is 33.4 Å². The third kappa shape index (κ3) is 2.91. The van der Waals surface area contributed by atoms with Crippen molar-refractivity contribution >= 4 is 17.3 Å². The summed E-state index contributed by atoms with van der Waals surface area (Å²) in [4.78, 5) is 18.9. The monoisotopic (exact) mass is 320 g/mol. The molecular weight excluding hydrogens is 300 g/mol. The Kier molecular flexibility index (Phi) is 4.26. The quantitative estimate of drug-likeness (QED) is 0.806. The molecule has 0 radical (unpaired) electrons. The van der Waals surface area contributed by atoms with Crippen LogP contribution in [0.15, 0.2) is 5.38 Å². The Balaban J connectivity index is 1.80. The van der Waals surface area contributed by atoms with Gasteiger partial charge < -0.3 is 4.74 Å². The average molecular weight is 320 g/mol. The van der Waals surface area contributed by atoms with E-state index in [0.29, 0.717) is 12.3 Å². The molecule has 1 aliphatic rings. The van der Waals surface area contributed by atoms with E-state index in [1.807, 2.05) is 25.6 Å². The van der Waals surface area contributed by atoms with E-state index in [1.54, 1.807) is 11.3 Å². The topological polar surface area (TPSA) is 60.2 Å². The Bertz CT molecular complexity index is 692. The van der Waals surface area contributed by atoms with Crippen molar-refractivity contribution in [1.29, 1.82) is 0 Å². The lowest BCUT2D eigenvalue weighted by atomic mass is 10.1. The van der Waals surface area contributed by atoms with Crippen molar-refractivity contribution in [3.63, 3.8) is 0 Å². The zero-order chi connectivity index (χ0) is 15.7. The second kappa shape index (κ2) is 6.18. The number of nitrogens with zero attached hydrogens (tertiary/aromatic N) is 4. The van der Waals surface area contributed by atoms with Gasteiger partial charge in [0.05, 0.1) is 13.2 Å². The average Bonchev–Trinajstić information content (AvgIpc) is 3.03. The Hall–Kier alpha value is -1.73. The van der Waals surface area contributed by atoms with Gasteiger partial charge in [-0.15, -0.1) is 11.3 Å². The Labute approximate surface area is 133 Å². The normalized spacial score (nSPS) is 14.9. The number of hydrogen-bond acceptors (Lipinski definition) is 6. The fraction of sp³-hybridized carbons (Fsp3) is 0.533. The number of ether oxygens (including phenoxy) is 1. The van der Waals surface area contributed by atoms with E-state index in [1.165, 1.54) is 0 Å². The number of carbonyl (C=O) groups is 1. The first kappa shape index (κ1) is 15.2. The van der Waals surface area contributed by atoms with Gasteiger partial charge in [-0.1, -0.05) is 0 Å². The second-order valence-electron chi connectivity index (χ2n) is 5.46. The Morgan fingerprint density at radius 1 is 1.50 bits per heavy atom. The van der Waals surface area contributed by atoms with Crippen molar-refractivity contribution in [2.24, 2.45) is 7.05 Å². The Morgan fingerprint density at radius 3 is 3.00 bits per heavy atom. The van der Waals surface area contributed by atoms with Crippen LogP contribution in [0, 0.1) is 6.92 Å². The molecule has 0 unspecified atom stereocenters. The van der Waals surface area contributed by atoms with E-state index >= 15 is 0 Å². The molecular formula is C15H20N4O2S. The van der Waals surface area contributed by atoms with Gasteiger partial charge in [0, 0.05) is 48.9 Å². The molecule has 2 aromatic heterocycles. The first-order valence-corrected chi connectivity index (χ1v) is 8.31. The highest BCUT2D eigenvalue weighted by atomic mass is 32.1. The van der Waals surface area contributed by atoms with E-state index < -0.39 is 0 Å². The lowest BCUT2D eigenvalue weighted by Crippen LogP contribution is -2.31. The molecule has 7 heteroatoms. The number of fused-ring (bicyclic) bond motifs is 1. The first-order chi connectivity index (χ1) is 10.6. The smallest absolute Gasteiger partial charge is 0.359 e. The molecule has 0 bridgehead atoms. The molecule has 0 amide bonds. The summed E-state index contributed by atoms with van der Waals surface area (Å²) in [6.45, 7) is 6.67. The van der Waals surface area contributed by atoms with Crippen LogP contribution < -0.4 is 0 Å². The summed E-state index contributed by atoms with van der Waals surface area (Å²) < 4.78 is 6.93. The minimum absolute atomic E-state index is 0.328. The SMILES string of the molecule is CCOC(=O)c1nn(C)c2c1CN(Cc1nc(C)cs1)CC2. The van der Waals surface area contributed by atoms with Crippen molar-refractivity contribution in [3.05, 3.63) is 33.0 Å². The molecule has 0 saturated heterocycles. The number of carbonyl (C=O) groups excluding carboxylic acids is 1. The number of aromatic nitrogens is 3. The fourth-order valence-corrected chi connectivity index (χ4v) is 3.63. The Morgan fingerprint density at radius 2 is 2.32 bits per heavy atom. The summed E-state index contributed by atoms with van der Waals surface area (Å²) in [5.74, 6) is -0.328. The van der Waals surface area contributed by atoms with Crippen LogP contribution in [0.3, 0.4) is 0 Å². The molecule has 0 fully saturated rings. The lowest BCUT2D eigenvalue weighted by molar-refractivity contribution is 0.0516. The molecule has 1 aliphatic heterocycles. The maximum Gasteiger partial charge on any atom is 0.359 e. The van der Waals surface area contributed by atoms with Crippen LogP contribution in [0.5, 0.6) is 0 Å². The van der Waals surface area contributed by atoms with Crippen molar-refractivity contribution in [2.75, 3.05) is 13.2 Å². The highest BCUT2D eigenvalue weighted by Crippen LogP contribution is 2.24. The maximum absolute atomic E-state index is 12.1. The summed E-state index contributed by atoms with van der Waals surface area (Å²) in [6.07, 6.45) is 0.891. The van der Waals surface area contributed by atoms with Crippen LogP contribution in [0.4, 0.5) is 0 Å². The van der Waals surface area contributed by atoms with Crippen molar-refractivity contribution < 1.29 is 9.53 Å². The molecule has 6 nitrogen and oxygen atoms in total. The first-order valence-electron chi connectivity index (χ1n) is 7.43. The molecule has 3 rings (SSSR count). The number of esters is 1. The van der Waals surface area contributed by atoms with E-state index in [-0.39, 0.29) is 5.97 Å². The molecule has 2 aromatic rings. The van der Waals surface area contributed by atoms with E-state index in [9.17, 15) is 4.79 Å². The number of rotatable bonds is 4. The molecule has 0 N–H and O–H groups in total. The molecule has 22 heavy (non-hydrogen) atoms. The van der Waals surface area contributed by atoms with Crippen LogP contribution >= 0.6 is 11.3 Å². The zero-order valence-electron chi connectivity index (χ0n) is 13.1. The highest BCUT2D eigenvalue weighted by Gasteiger charge is 2.28. The third-order valence-corrected chi connectivity index (χ3v) is 4.77. The van der Waals surface area contributed by atoms with Crippen molar-refractivity contribution in [3.8, 4) is 0 Å². The van der Waals surface area contributed by atoms with Gasteiger partial charge in [-0.25, -0.2) is 9.78 Å². The zero-order valence-corrected chi connectivity index (χ0v) is 13.9.